The fraction of sp³-hybridized carbons (Fsp3) is 0.714. The highest BCUT2D eigenvalue weighted by atomic mass is 32.1. The van der Waals surface area contributed by atoms with Crippen molar-refractivity contribution in [3.8, 4) is 0 Å². The number of hydrogen-bond donors (Lipinski definition) is 0. The van der Waals surface area contributed by atoms with Gasteiger partial charge in [-0.1, -0.05) is 20.8 Å². The van der Waals surface area contributed by atoms with E-state index in [1.165, 1.54) is 15.3 Å². The van der Waals surface area contributed by atoms with Crippen LogP contribution in [-0.2, 0) is 16.7 Å². The average Bonchev–Trinajstić information content (AvgIpc) is 2.62. The minimum Gasteiger partial charge on any atom is -0.379 e. The summed E-state index contributed by atoms with van der Waals surface area (Å²) in [6.07, 6.45) is 0. The molecule has 96 valence electrons. The minimum absolute atomic E-state index is 0.276. The average molecular weight is 253 g/mol. The van der Waals surface area contributed by atoms with Gasteiger partial charge in [-0.05, 0) is 24.0 Å². The molecule has 1 aliphatic rings. The molecule has 0 saturated carbocycles. The highest BCUT2D eigenvalue weighted by Crippen LogP contribution is 2.32. The Morgan fingerprint density at radius 3 is 2.47 bits per heavy atom. The molecule has 1 aliphatic heterocycles. The van der Waals surface area contributed by atoms with Gasteiger partial charge < -0.3 is 4.74 Å². The van der Waals surface area contributed by atoms with Gasteiger partial charge in [-0.15, -0.1) is 11.3 Å². The maximum Gasteiger partial charge on any atom is 0.0594 e. The van der Waals surface area contributed by atoms with E-state index in [1.807, 2.05) is 11.3 Å². The molecular weight excluding hydrogens is 230 g/mol. The predicted molar refractivity (Wildman–Crippen MR) is 73.9 cm³/mol. The molecule has 2 nitrogen and oxygen atoms in total. The van der Waals surface area contributed by atoms with Gasteiger partial charge in [0.15, 0.2) is 0 Å². The molecule has 1 fully saturated rings. The van der Waals surface area contributed by atoms with E-state index >= 15 is 0 Å². The van der Waals surface area contributed by atoms with Gasteiger partial charge in [0.1, 0.15) is 0 Å². The first-order valence-corrected chi connectivity index (χ1v) is 7.18. The molecular formula is C14H23NOS. The Morgan fingerprint density at radius 1 is 1.29 bits per heavy atom. The summed E-state index contributed by atoms with van der Waals surface area (Å²) in [4.78, 5) is 5.46. The van der Waals surface area contributed by atoms with Gasteiger partial charge in [-0.2, -0.15) is 0 Å². The van der Waals surface area contributed by atoms with Crippen molar-refractivity contribution in [3.63, 3.8) is 0 Å². The monoisotopic (exact) mass is 253 g/mol. The number of ether oxygens (including phenoxy) is 1. The highest BCUT2D eigenvalue weighted by molar-refractivity contribution is 7.12. The van der Waals surface area contributed by atoms with Crippen LogP contribution in [0.1, 0.15) is 36.1 Å². The largest absolute Gasteiger partial charge is 0.379 e. The standard InChI is InChI=1S/C14H23NOS/c1-11-12(9-13(17-11)14(2,3)4)10-15-5-7-16-8-6-15/h9H,5-8,10H2,1-4H3. The Bertz CT molecular complexity index is 372. The van der Waals surface area contributed by atoms with Gasteiger partial charge in [0.2, 0.25) is 0 Å². The van der Waals surface area contributed by atoms with Crippen molar-refractivity contribution in [2.24, 2.45) is 0 Å². The first kappa shape index (κ1) is 13.1. The molecule has 17 heavy (non-hydrogen) atoms. The van der Waals surface area contributed by atoms with Crippen molar-refractivity contribution in [1.82, 2.24) is 4.90 Å². The van der Waals surface area contributed by atoms with Crippen molar-refractivity contribution in [3.05, 3.63) is 21.4 Å². The van der Waals surface area contributed by atoms with Gasteiger partial charge in [-0.3, -0.25) is 4.90 Å². The second kappa shape index (κ2) is 5.09. The van der Waals surface area contributed by atoms with Crippen LogP contribution in [0.4, 0.5) is 0 Å². The Morgan fingerprint density at radius 2 is 1.94 bits per heavy atom. The van der Waals surface area contributed by atoms with Crippen LogP contribution in [-0.4, -0.2) is 31.2 Å². The summed E-state index contributed by atoms with van der Waals surface area (Å²) in [6.45, 7) is 14.1. The summed E-state index contributed by atoms with van der Waals surface area (Å²) in [6, 6.07) is 2.40. The van der Waals surface area contributed by atoms with Crippen LogP contribution in [0.5, 0.6) is 0 Å². The molecule has 0 atom stereocenters. The summed E-state index contributed by atoms with van der Waals surface area (Å²) < 4.78 is 5.39. The Kier molecular flexibility index (Phi) is 3.91. The second-order valence-electron chi connectivity index (χ2n) is 5.83. The fourth-order valence-corrected chi connectivity index (χ4v) is 3.14. The topological polar surface area (TPSA) is 12.5 Å². The number of rotatable bonds is 2. The van der Waals surface area contributed by atoms with E-state index in [0.717, 1.165) is 32.8 Å². The minimum atomic E-state index is 0.276. The van der Waals surface area contributed by atoms with E-state index in [2.05, 4.69) is 38.7 Å². The first-order valence-electron chi connectivity index (χ1n) is 6.37. The van der Waals surface area contributed by atoms with Crippen LogP contribution in [0.2, 0.25) is 0 Å². The van der Waals surface area contributed by atoms with Gasteiger partial charge in [0, 0.05) is 29.4 Å². The fourth-order valence-electron chi connectivity index (χ4n) is 2.05. The third kappa shape index (κ3) is 3.30. The van der Waals surface area contributed by atoms with Gasteiger partial charge >= 0.3 is 0 Å². The molecule has 1 aromatic rings. The first-order chi connectivity index (χ1) is 7.97. The van der Waals surface area contributed by atoms with Crippen molar-refractivity contribution >= 4 is 11.3 Å². The number of nitrogens with zero attached hydrogens (tertiary/aromatic N) is 1. The number of morpholine rings is 1. The SMILES string of the molecule is Cc1sc(C(C)(C)C)cc1CN1CCOCC1. The summed E-state index contributed by atoms with van der Waals surface area (Å²) in [5, 5.41) is 0. The molecule has 0 amide bonds. The van der Waals surface area contributed by atoms with Crippen molar-refractivity contribution in [2.75, 3.05) is 26.3 Å². The van der Waals surface area contributed by atoms with E-state index in [1.54, 1.807) is 0 Å². The van der Waals surface area contributed by atoms with Crippen molar-refractivity contribution < 1.29 is 4.74 Å². The Hall–Kier alpha value is -0.380. The molecule has 2 heterocycles. The van der Waals surface area contributed by atoms with E-state index in [9.17, 15) is 0 Å². The van der Waals surface area contributed by atoms with E-state index in [-0.39, 0.29) is 5.41 Å². The number of thiophene rings is 1. The normalized spacial score (nSPS) is 18.6. The van der Waals surface area contributed by atoms with Crippen LogP contribution in [0, 0.1) is 6.92 Å². The van der Waals surface area contributed by atoms with E-state index in [4.69, 9.17) is 4.74 Å². The maximum atomic E-state index is 5.39. The van der Waals surface area contributed by atoms with Gasteiger partial charge in [0.25, 0.3) is 0 Å². The number of hydrogen-bond acceptors (Lipinski definition) is 3. The summed E-state index contributed by atoms with van der Waals surface area (Å²) in [5.41, 5.74) is 1.78. The molecule has 1 aromatic heterocycles. The van der Waals surface area contributed by atoms with E-state index in [0.29, 0.717) is 0 Å². The summed E-state index contributed by atoms with van der Waals surface area (Å²) >= 11 is 1.95. The van der Waals surface area contributed by atoms with Crippen molar-refractivity contribution in [2.45, 2.75) is 39.7 Å². The molecule has 0 aromatic carbocycles. The Labute approximate surface area is 109 Å². The molecule has 0 aliphatic carbocycles. The van der Waals surface area contributed by atoms with Gasteiger partial charge in [0.05, 0.1) is 13.2 Å². The van der Waals surface area contributed by atoms with Crippen LogP contribution in [0.25, 0.3) is 0 Å². The lowest BCUT2D eigenvalue weighted by molar-refractivity contribution is 0.0341. The molecule has 2 rings (SSSR count). The summed E-state index contributed by atoms with van der Waals surface area (Å²) in [7, 11) is 0. The molecule has 3 heteroatoms. The maximum absolute atomic E-state index is 5.39. The molecule has 0 radical (unpaired) electrons. The van der Waals surface area contributed by atoms with Crippen LogP contribution in [0.3, 0.4) is 0 Å². The smallest absolute Gasteiger partial charge is 0.0594 e. The molecule has 0 bridgehead atoms. The lowest BCUT2D eigenvalue weighted by atomic mass is 9.94. The second-order valence-corrected chi connectivity index (χ2v) is 7.09. The highest BCUT2D eigenvalue weighted by Gasteiger charge is 2.19. The molecule has 0 spiro atoms. The lowest BCUT2D eigenvalue weighted by Crippen LogP contribution is -2.35. The zero-order chi connectivity index (χ0) is 12.5. The van der Waals surface area contributed by atoms with Crippen LogP contribution in [0.15, 0.2) is 6.07 Å². The van der Waals surface area contributed by atoms with Crippen LogP contribution < -0.4 is 0 Å². The lowest BCUT2D eigenvalue weighted by Gasteiger charge is -2.26. The van der Waals surface area contributed by atoms with Gasteiger partial charge in [-0.25, -0.2) is 0 Å². The van der Waals surface area contributed by atoms with Crippen LogP contribution >= 0.6 is 11.3 Å². The Balaban J connectivity index is 2.07. The summed E-state index contributed by atoms with van der Waals surface area (Å²) in [5.74, 6) is 0. The van der Waals surface area contributed by atoms with Crippen molar-refractivity contribution in [1.29, 1.82) is 0 Å². The predicted octanol–water partition coefficient (Wildman–Crippen LogP) is 3.19. The molecule has 0 unspecified atom stereocenters. The number of aryl methyl sites for hydroxylation is 1. The zero-order valence-corrected chi connectivity index (χ0v) is 12.2. The zero-order valence-electron chi connectivity index (χ0n) is 11.4. The third-order valence-corrected chi connectivity index (χ3v) is 4.78. The molecule has 0 N–H and O–H groups in total. The molecule has 1 saturated heterocycles. The van der Waals surface area contributed by atoms with E-state index < -0.39 is 0 Å². The quantitative estimate of drug-likeness (QED) is 0.802. The third-order valence-electron chi connectivity index (χ3n) is 3.26.